The molecular formula is C23H28N2O2. The summed E-state index contributed by atoms with van der Waals surface area (Å²) in [6.07, 6.45) is 4.01. The Hall–Kier alpha value is -2.49. The van der Waals surface area contributed by atoms with Crippen molar-refractivity contribution in [2.45, 2.75) is 45.2 Å². The summed E-state index contributed by atoms with van der Waals surface area (Å²) >= 11 is 0. The maximum Gasteiger partial charge on any atom is 0.224 e. The van der Waals surface area contributed by atoms with Gasteiger partial charge in [-0.05, 0) is 43.9 Å². The van der Waals surface area contributed by atoms with Crippen LogP contribution in [0, 0.1) is 6.92 Å². The molecular weight excluding hydrogens is 336 g/mol. The van der Waals surface area contributed by atoms with Gasteiger partial charge in [0.15, 0.2) is 0 Å². The fourth-order valence-electron chi connectivity index (χ4n) is 4.04. The first-order valence-corrected chi connectivity index (χ1v) is 10.0. The molecule has 0 unspecified atom stereocenters. The van der Waals surface area contributed by atoms with Gasteiger partial charge in [-0.2, -0.15) is 0 Å². The van der Waals surface area contributed by atoms with Gasteiger partial charge in [-0.15, -0.1) is 0 Å². The zero-order chi connectivity index (χ0) is 18.6. The summed E-state index contributed by atoms with van der Waals surface area (Å²) in [7, 11) is 0. The van der Waals surface area contributed by atoms with Crippen molar-refractivity contribution in [2.24, 2.45) is 0 Å². The Morgan fingerprint density at radius 2 is 1.78 bits per heavy atom. The lowest BCUT2D eigenvalue weighted by atomic mass is 10.0. The monoisotopic (exact) mass is 364 g/mol. The van der Waals surface area contributed by atoms with Crippen LogP contribution < -0.4 is 9.64 Å². The van der Waals surface area contributed by atoms with E-state index in [9.17, 15) is 4.79 Å². The molecule has 0 aliphatic carbocycles. The van der Waals surface area contributed by atoms with Crippen molar-refractivity contribution < 1.29 is 9.53 Å². The number of benzene rings is 2. The van der Waals surface area contributed by atoms with Gasteiger partial charge in [0.25, 0.3) is 0 Å². The molecule has 2 heterocycles. The highest BCUT2D eigenvalue weighted by Crippen LogP contribution is 2.35. The van der Waals surface area contributed by atoms with Crippen molar-refractivity contribution in [3.8, 4) is 5.75 Å². The molecule has 4 nitrogen and oxygen atoms in total. The fourth-order valence-corrected chi connectivity index (χ4v) is 4.04. The van der Waals surface area contributed by atoms with Crippen LogP contribution >= 0.6 is 0 Å². The highest BCUT2D eigenvalue weighted by Gasteiger charge is 2.31. The predicted octanol–water partition coefficient (Wildman–Crippen LogP) is 4.17. The fraction of sp³-hybridized carbons (Fsp3) is 0.435. The Balaban J connectivity index is 1.55. The largest absolute Gasteiger partial charge is 0.489 e. The number of amides is 1. The number of hydrogen-bond donors (Lipinski definition) is 0. The smallest absolute Gasteiger partial charge is 0.224 e. The van der Waals surface area contributed by atoms with Crippen LogP contribution in [-0.4, -0.2) is 36.5 Å². The van der Waals surface area contributed by atoms with E-state index >= 15 is 0 Å². The van der Waals surface area contributed by atoms with E-state index in [2.05, 4.69) is 42.2 Å². The van der Waals surface area contributed by atoms with Gasteiger partial charge in [0, 0.05) is 19.6 Å². The normalized spacial score (nSPS) is 19.4. The summed E-state index contributed by atoms with van der Waals surface area (Å²) < 4.78 is 6.00. The second kappa shape index (κ2) is 8.03. The number of carbonyl (C=O) groups is 1. The molecule has 2 aliphatic heterocycles. The third-order valence-electron chi connectivity index (χ3n) is 5.64. The molecule has 0 N–H and O–H groups in total. The van der Waals surface area contributed by atoms with E-state index in [1.165, 1.54) is 17.5 Å². The molecule has 0 radical (unpaired) electrons. The molecule has 1 atom stereocenters. The van der Waals surface area contributed by atoms with Gasteiger partial charge in [0.1, 0.15) is 12.4 Å². The lowest BCUT2D eigenvalue weighted by Gasteiger charge is -2.39. The van der Waals surface area contributed by atoms with E-state index < -0.39 is 0 Å². The highest BCUT2D eigenvalue weighted by atomic mass is 16.5. The van der Waals surface area contributed by atoms with Crippen molar-refractivity contribution in [3.63, 3.8) is 0 Å². The average Bonchev–Trinajstić information content (AvgIpc) is 2.72. The van der Waals surface area contributed by atoms with E-state index in [1.807, 2.05) is 23.1 Å². The van der Waals surface area contributed by atoms with Gasteiger partial charge in [-0.3, -0.25) is 4.79 Å². The molecule has 2 aliphatic rings. The van der Waals surface area contributed by atoms with Crippen LogP contribution in [0.1, 0.15) is 36.8 Å². The van der Waals surface area contributed by atoms with E-state index in [0.717, 1.165) is 43.9 Å². The zero-order valence-corrected chi connectivity index (χ0v) is 16.1. The molecule has 1 fully saturated rings. The first-order valence-electron chi connectivity index (χ1n) is 10.0. The van der Waals surface area contributed by atoms with Crippen LogP contribution in [-0.2, 0) is 11.3 Å². The Labute approximate surface area is 161 Å². The number of nitrogens with zero attached hydrogens (tertiary/aromatic N) is 2. The molecule has 4 rings (SSSR count). The minimum atomic E-state index is 0.0654. The highest BCUT2D eigenvalue weighted by molar-refractivity contribution is 5.78. The Kier molecular flexibility index (Phi) is 5.33. The molecule has 2 aromatic carbocycles. The van der Waals surface area contributed by atoms with E-state index in [-0.39, 0.29) is 11.9 Å². The molecule has 0 spiro atoms. The molecule has 1 amide bonds. The zero-order valence-electron chi connectivity index (χ0n) is 16.1. The predicted molar refractivity (Wildman–Crippen MR) is 108 cm³/mol. The molecule has 0 bridgehead atoms. The standard InChI is InChI=1S/C23H28N2O2/c1-18-9-11-19(12-10-18)16-25-20(15-23(26)24-13-5-2-6-14-24)17-27-22-8-4-3-7-21(22)25/h3-4,7-12,20H,2,5-6,13-17H2,1H3/t20-/m0/s1. The van der Waals surface area contributed by atoms with Crippen LogP contribution in [0.2, 0.25) is 0 Å². The van der Waals surface area contributed by atoms with Crippen molar-refractivity contribution >= 4 is 11.6 Å². The second-order valence-corrected chi connectivity index (χ2v) is 7.69. The molecule has 0 aromatic heterocycles. The lowest BCUT2D eigenvalue weighted by Crippen LogP contribution is -2.47. The summed E-state index contributed by atoms with van der Waals surface area (Å²) in [4.78, 5) is 17.3. The van der Waals surface area contributed by atoms with Crippen molar-refractivity contribution in [2.75, 3.05) is 24.6 Å². The maximum absolute atomic E-state index is 12.9. The van der Waals surface area contributed by atoms with Crippen LogP contribution in [0.4, 0.5) is 5.69 Å². The van der Waals surface area contributed by atoms with Gasteiger partial charge in [0.2, 0.25) is 5.91 Å². The van der Waals surface area contributed by atoms with E-state index in [0.29, 0.717) is 13.0 Å². The Morgan fingerprint density at radius 1 is 1.04 bits per heavy atom. The number of aryl methyl sites for hydroxylation is 1. The number of anilines is 1. The van der Waals surface area contributed by atoms with Crippen molar-refractivity contribution in [3.05, 3.63) is 59.7 Å². The first kappa shape index (κ1) is 17.9. The minimum Gasteiger partial charge on any atom is -0.489 e. The number of likely N-dealkylation sites (tertiary alicyclic amines) is 1. The third-order valence-corrected chi connectivity index (χ3v) is 5.64. The average molecular weight is 364 g/mol. The Morgan fingerprint density at radius 3 is 2.56 bits per heavy atom. The summed E-state index contributed by atoms with van der Waals surface area (Å²) in [6, 6.07) is 16.9. The number of rotatable bonds is 4. The molecule has 4 heteroatoms. The third kappa shape index (κ3) is 4.10. The van der Waals surface area contributed by atoms with Gasteiger partial charge in [0.05, 0.1) is 18.2 Å². The quantitative estimate of drug-likeness (QED) is 0.816. The molecule has 1 saturated heterocycles. The summed E-state index contributed by atoms with van der Waals surface area (Å²) in [6.45, 7) is 5.26. The van der Waals surface area contributed by atoms with Crippen LogP contribution in [0.5, 0.6) is 5.75 Å². The molecule has 2 aromatic rings. The molecule has 142 valence electrons. The number of fused-ring (bicyclic) bond motifs is 1. The number of piperidine rings is 1. The first-order chi connectivity index (χ1) is 13.2. The molecule has 0 saturated carbocycles. The van der Waals surface area contributed by atoms with Gasteiger partial charge >= 0.3 is 0 Å². The van der Waals surface area contributed by atoms with Gasteiger partial charge in [-0.1, -0.05) is 42.0 Å². The van der Waals surface area contributed by atoms with Crippen LogP contribution in [0.3, 0.4) is 0 Å². The van der Waals surface area contributed by atoms with E-state index in [4.69, 9.17) is 4.74 Å². The lowest BCUT2D eigenvalue weighted by molar-refractivity contribution is -0.132. The maximum atomic E-state index is 12.9. The topological polar surface area (TPSA) is 32.8 Å². The second-order valence-electron chi connectivity index (χ2n) is 7.69. The number of carbonyl (C=O) groups excluding carboxylic acids is 1. The SMILES string of the molecule is Cc1ccc(CN2c3ccccc3OC[C@@H]2CC(=O)N2CCCCC2)cc1. The Bertz CT molecular complexity index is 781. The van der Waals surface area contributed by atoms with Crippen molar-refractivity contribution in [1.82, 2.24) is 4.90 Å². The number of ether oxygens (including phenoxy) is 1. The van der Waals surface area contributed by atoms with Crippen LogP contribution in [0.15, 0.2) is 48.5 Å². The van der Waals surface area contributed by atoms with Gasteiger partial charge < -0.3 is 14.5 Å². The summed E-state index contributed by atoms with van der Waals surface area (Å²) in [5.74, 6) is 1.17. The van der Waals surface area contributed by atoms with Gasteiger partial charge in [-0.25, -0.2) is 0 Å². The summed E-state index contributed by atoms with van der Waals surface area (Å²) in [5.41, 5.74) is 3.60. The number of para-hydroxylation sites is 2. The van der Waals surface area contributed by atoms with E-state index in [1.54, 1.807) is 0 Å². The minimum absolute atomic E-state index is 0.0654. The van der Waals surface area contributed by atoms with Crippen LogP contribution in [0.25, 0.3) is 0 Å². The van der Waals surface area contributed by atoms with Crippen molar-refractivity contribution in [1.29, 1.82) is 0 Å². The summed E-state index contributed by atoms with van der Waals surface area (Å²) in [5, 5.41) is 0. The number of hydrogen-bond acceptors (Lipinski definition) is 3. The molecule has 27 heavy (non-hydrogen) atoms.